The Bertz CT molecular complexity index is 460. The van der Waals surface area contributed by atoms with Gasteiger partial charge in [-0.05, 0) is 30.3 Å². The zero-order valence-corrected chi connectivity index (χ0v) is 13.5. The maximum atomic E-state index is 12.5. The summed E-state index contributed by atoms with van der Waals surface area (Å²) in [6.07, 6.45) is 2.86. The summed E-state index contributed by atoms with van der Waals surface area (Å²) < 4.78 is 0. The van der Waals surface area contributed by atoms with Crippen molar-refractivity contribution < 1.29 is 4.79 Å². The third kappa shape index (κ3) is 4.66. The summed E-state index contributed by atoms with van der Waals surface area (Å²) in [5.74, 6) is 0.705. The normalized spacial score (nSPS) is 23.0. The number of nitrogens with zero attached hydrogens (tertiary/aromatic N) is 2. The molecule has 116 valence electrons. The van der Waals surface area contributed by atoms with E-state index in [1.165, 1.54) is 4.88 Å². The maximum absolute atomic E-state index is 12.5. The third-order valence-electron chi connectivity index (χ3n) is 4.09. The van der Waals surface area contributed by atoms with Crippen molar-refractivity contribution in [2.75, 3.05) is 26.2 Å². The van der Waals surface area contributed by atoms with E-state index in [-0.39, 0.29) is 11.9 Å². The summed E-state index contributed by atoms with van der Waals surface area (Å²) in [5.41, 5.74) is 6.11. The highest BCUT2D eigenvalue weighted by Gasteiger charge is 2.25. The van der Waals surface area contributed by atoms with Crippen molar-refractivity contribution in [2.45, 2.75) is 25.9 Å². The largest absolute Gasteiger partial charge is 0.333 e. The predicted octanol–water partition coefficient (Wildman–Crippen LogP) is 1.93. The first kappa shape index (κ1) is 16.2. The van der Waals surface area contributed by atoms with Crippen LogP contribution in [0.25, 0.3) is 0 Å². The van der Waals surface area contributed by atoms with Crippen LogP contribution >= 0.6 is 11.3 Å². The Morgan fingerprint density at radius 2 is 2.48 bits per heavy atom. The highest BCUT2D eigenvalue weighted by atomic mass is 32.1. The zero-order chi connectivity index (χ0) is 15.2. The second-order valence-electron chi connectivity index (χ2n) is 5.81. The van der Waals surface area contributed by atoms with Gasteiger partial charge in [0.1, 0.15) is 0 Å². The first-order chi connectivity index (χ1) is 10.1. The van der Waals surface area contributed by atoms with Crippen molar-refractivity contribution in [1.82, 2.24) is 9.80 Å². The Morgan fingerprint density at radius 1 is 1.67 bits per heavy atom. The number of hydrogen-bond donors (Lipinski definition) is 1. The summed E-state index contributed by atoms with van der Waals surface area (Å²) in [5, 5.41) is 2.04. The molecule has 2 unspecified atom stereocenters. The van der Waals surface area contributed by atoms with E-state index >= 15 is 0 Å². The standard InChI is InChI=1S/C16H25N3OS/c1-3-7-19(10-14-5-4-9-21-14)16(20)12-18-8-6-13(2)15(17)11-18/h3-5,9,13,15H,1,6-8,10-12,17H2,2H3. The van der Waals surface area contributed by atoms with Gasteiger partial charge in [0.05, 0.1) is 13.1 Å². The molecular formula is C16H25N3OS. The lowest BCUT2D eigenvalue weighted by Gasteiger charge is -2.35. The van der Waals surface area contributed by atoms with E-state index in [2.05, 4.69) is 24.5 Å². The van der Waals surface area contributed by atoms with Gasteiger partial charge in [-0.25, -0.2) is 0 Å². The Balaban J connectivity index is 1.90. The lowest BCUT2D eigenvalue weighted by molar-refractivity contribution is -0.132. The van der Waals surface area contributed by atoms with Gasteiger partial charge in [0.2, 0.25) is 5.91 Å². The monoisotopic (exact) mass is 307 g/mol. The fraction of sp³-hybridized carbons (Fsp3) is 0.562. The molecule has 21 heavy (non-hydrogen) atoms. The average molecular weight is 307 g/mol. The summed E-state index contributed by atoms with van der Waals surface area (Å²) in [4.78, 5) is 17.8. The molecule has 0 saturated carbocycles. The number of nitrogens with two attached hydrogens (primary N) is 1. The minimum Gasteiger partial charge on any atom is -0.333 e. The van der Waals surface area contributed by atoms with E-state index in [0.717, 1.165) is 19.5 Å². The number of carbonyl (C=O) groups excluding carboxylic acids is 1. The molecule has 2 rings (SSSR count). The Morgan fingerprint density at radius 3 is 3.10 bits per heavy atom. The molecule has 4 nitrogen and oxygen atoms in total. The number of likely N-dealkylation sites (tertiary alicyclic amines) is 1. The molecule has 0 radical (unpaired) electrons. The van der Waals surface area contributed by atoms with Crippen LogP contribution in [0.5, 0.6) is 0 Å². The molecule has 2 heterocycles. The average Bonchev–Trinajstić information content (AvgIpc) is 2.95. The molecule has 1 aliphatic rings. The number of hydrogen-bond acceptors (Lipinski definition) is 4. The van der Waals surface area contributed by atoms with Gasteiger partial charge in [0, 0.05) is 24.0 Å². The molecule has 1 saturated heterocycles. The fourth-order valence-electron chi connectivity index (χ4n) is 2.61. The molecule has 0 spiro atoms. The second-order valence-corrected chi connectivity index (χ2v) is 6.84. The fourth-order valence-corrected chi connectivity index (χ4v) is 3.33. The van der Waals surface area contributed by atoms with Crippen LogP contribution in [0.4, 0.5) is 0 Å². The minimum absolute atomic E-state index is 0.157. The minimum atomic E-state index is 0.157. The van der Waals surface area contributed by atoms with Crippen molar-refractivity contribution in [1.29, 1.82) is 0 Å². The number of piperidine rings is 1. The predicted molar refractivity (Wildman–Crippen MR) is 88.1 cm³/mol. The number of rotatable bonds is 6. The van der Waals surface area contributed by atoms with Crippen molar-refractivity contribution in [3.63, 3.8) is 0 Å². The van der Waals surface area contributed by atoms with Gasteiger partial charge >= 0.3 is 0 Å². The molecule has 1 amide bonds. The summed E-state index contributed by atoms with van der Waals surface area (Å²) in [6, 6.07) is 4.26. The first-order valence-electron chi connectivity index (χ1n) is 7.49. The summed E-state index contributed by atoms with van der Waals surface area (Å²) in [6.45, 7) is 9.43. The van der Waals surface area contributed by atoms with Gasteiger partial charge in [-0.3, -0.25) is 9.69 Å². The summed E-state index contributed by atoms with van der Waals surface area (Å²) >= 11 is 1.68. The van der Waals surface area contributed by atoms with Crippen LogP contribution in [-0.4, -0.2) is 47.9 Å². The highest BCUT2D eigenvalue weighted by molar-refractivity contribution is 7.09. The van der Waals surface area contributed by atoms with Gasteiger partial charge in [-0.2, -0.15) is 0 Å². The molecule has 5 heteroatoms. The SMILES string of the molecule is C=CCN(Cc1cccs1)C(=O)CN1CCC(C)C(N)C1. The van der Waals surface area contributed by atoms with Crippen molar-refractivity contribution in [2.24, 2.45) is 11.7 Å². The molecule has 1 aromatic rings. The molecule has 0 bridgehead atoms. The lowest BCUT2D eigenvalue weighted by Crippen LogP contribution is -2.50. The molecule has 0 aliphatic carbocycles. The first-order valence-corrected chi connectivity index (χ1v) is 8.37. The van der Waals surface area contributed by atoms with E-state index in [1.807, 2.05) is 16.3 Å². The van der Waals surface area contributed by atoms with Gasteiger partial charge in [0.15, 0.2) is 0 Å². The Kier molecular flexibility index (Phi) is 5.96. The van der Waals surface area contributed by atoms with E-state index < -0.39 is 0 Å². The molecule has 1 aromatic heterocycles. The lowest BCUT2D eigenvalue weighted by atomic mass is 9.94. The Hall–Kier alpha value is -1.17. The van der Waals surface area contributed by atoms with Gasteiger partial charge < -0.3 is 10.6 Å². The van der Waals surface area contributed by atoms with Crippen molar-refractivity contribution >= 4 is 17.2 Å². The molecule has 2 N–H and O–H groups in total. The van der Waals surface area contributed by atoms with Gasteiger partial charge in [-0.1, -0.05) is 19.1 Å². The maximum Gasteiger partial charge on any atom is 0.237 e. The van der Waals surface area contributed by atoms with Crippen molar-refractivity contribution in [3.8, 4) is 0 Å². The Labute approximate surface area is 131 Å². The molecule has 1 fully saturated rings. The number of amides is 1. The van der Waals surface area contributed by atoms with E-state index in [0.29, 0.717) is 25.6 Å². The second kappa shape index (κ2) is 7.73. The van der Waals surface area contributed by atoms with Crippen molar-refractivity contribution in [3.05, 3.63) is 35.0 Å². The molecule has 2 atom stereocenters. The van der Waals surface area contributed by atoms with Crippen LogP contribution in [0, 0.1) is 5.92 Å². The quantitative estimate of drug-likeness (QED) is 0.817. The molecule has 1 aliphatic heterocycles. The van der Waals surface area contributed by atoms with Crippen LogP contribution in [0.3, 0.4) is 0 Å². The van der Waals surface area contributed by atoms with Crippen LogP contribution in [0.2, 0.25) is 0 Å². The van der Waals surface area contributed by atoms with E-state index in [4.69, 9.17) is 5.73 Å². The highest BCUT2D eigenvalue weighted by Crippen LogP contribution is 2.16. The summed E-state index contributed by atoms with van der Waals surface area (Å²) in [7, 11) is 0. The van der Waals surface area contributed by atoms with E-state index in [1.54, 1.807) is 17.4 Å². The molecular weight excluding hydrogens is 282 g/mol. The topological polar surface area (TPSA) is 49.6 Å². The zero-order valence-electron chi connectivity index (χ0n) is 12.7. The number of carbonyl (C=O) groups is 1. The third-order valence-corrected chi connectivity index (χ3v) is 4.95. The smallest absolute Gasteiger partial charge is 0.237 e. The van der Waals surface area contributed by atoms with Crippen LogP contribution in [0.1, 0.15) is 18.2 Å². The molecule has 0 aromatic carbocycles. The van der Waals surface area contributed by atoms with Gasteiger partial charge in [0.25, 0.3) is 0 Å². The van der Waals surface area contributed by atoms with Crippen LogP contribution < -0.4 is 5.73 Å². The van der Waals surface area contributed by atoms with Crippen LogP contribution in [0.15, 0.2) is 30.2 Å². The van der Waals surface area contributed by atoms with Crippen LogP contribution in [-0.2, 0) is 11.3 Å². The number of thiophene rings is 1. The van der Waals surface area contributed by atoms with Gasteiger partial charge in [-0.15, -0.1) is 17.9 Å². The van der Waals surface area contributed by atoms with E-state index in [9.17, 15) is 4.79 Å².